The average molecular weight is 291 g/mol. The van der Waals surface area contributed by atoms with Gasteiger partial charge in [0.25, 0.3) is 0 Å². The van der Waals surface area contributed by atoms with Crippen molar-refractivity contribution in [1.29, 1.82) is 5.41 Å². The molecule has 2 aromatic rings. The number of nitrogens with zero attached hydrogens (tertiary/aromatic N) is 3. The normalized spacial score (nSPS) is 11.9. The van der Waals surface area contributed by atoms with Crippen molar-refractivity contribution in [3.8, 4) is 0 Å². The van der Waals surface area contributed by atoms with Gasteiger partial charge in [-0.05, 0) is 12.1 Å². The lowest BCUT2D eigenvalue weighted by atomic mass is 10.2. The Morgan fingerprint density at radius 3 is 2.85 bits per heavy atom. The Morgan fingerprint density at radius 2 is 2.20 bits per heavy atom. The van der Waals surface area contributed by atoms with E-state index in [1.807, 2.05) is 6.07 Å². The van der Waals surface area contributed by atoms with E-state index >= 15 is 0 Å². The summed E-state index contributed by atoms with van der Waals surface area (Å²) in [5.41, 5.74) is 6.88. The molecule has 7 heteroatoms. The van der Waals surface area contributed by atoms with Gasteiger partial charge in [-0.1, -0.05) is 19.6 Å². The van der Waals surface area contributed by atoms with Crippen molar-refractivity contribution in [2.45, 2.75) is 32.4 Å². The molecule has 0 radical (unpaired) electrons. The van der Waals surface area contributed by atoms with Gasteiger partial charge < -0.3 is 10.5 Å². The minimum Gasteiger partial charge on any atom is -0.382 e. The minimum absolute atomic E-state index is 0.0398. The number of nitrogens with one attached hydrogen (secondary N) is 1. The second-order valence-electron chi connectivity index (χ2n) is 6.00. The number of hydrogen-bond acceptors (Lipinski definition) is 4. The largest absolute Gasteiger partial charge is 0.382 e. The van der Waals surface area contributed by atoms with Crippen LogP contribution in [0, 0.1) is 5.41 Å². The minimum atomic E-state index is -1.08. The van der Waals surface area contributed by atoms with Crippen LogP contribution in [0.25, 0.3) is 10.9 Å². The van der Waals surface area contributed by atoms with Gasteiger partial charge in [0.1, 0.15) is 18.3 Å². The summed E-state index contributed by atoms with van der Waals surface area (Å²) in [4.78, 5) is 4.09. The third-order valence-electron chi connectivity index (χ3n) is 3.02. The van der Waals surface area contributed by atoms with Gasteiger partial charge in [-0.25, -0.2) is 4.68 Å². The van der Waals surface area contributed by atoms with Crippen molar-refractivity contribution in [2.75, 3.05) is 6.61 Å². The second kappa shape index (κ2) is 5.72. The summed E-state index contributed by atoms with van der Waals surface area (Å²) in [7, 11) is -1.08. The zero-order chi connectivity index (χ0) is 14.8. The van der Waals surface area contributed by atoms with Gasteiger partial charge >= 0.3 is 0 Å². The first-order valence-electron chi connectivity index (χ1n) is 6.61. The van der Waals surface area contributed by atoms with Crippen LogP contribution >= 0.6 is 0 Å². The number of ether oxygens (including phenoxy) is 1. The number of fused-ring (bicyclic) bond motifs is 1. The molecule has 0 aliphatic heterocycles. The predicted molar refractivity (Wildman–Crippen MR) is 82.6 cm³/mol. The van der Waals surface area contributed by atoms with Gasteiger partial charge in [0.15, 0.2) is 0 Å². The number of nitrogens with two attached hydrogens (primary N) is 1. The topological polar surface area (TPSA) is 89.8 Å². The smallest absolute Gasteiger partial charge is 0.144 e. The first kappa shape index (κ1) is 14.7. The zero-order valence-electron chi connectivity index (χ0n) is 12.2. The van der Waals surface area contributed by atoms with Crippen molar-refractivity contribution < 1.29 is 4.74 Å². The Kier molecular flexibility index (Phi) is 4.19. The molecule has 2 aromatic heterocycles. The summed E-state index contributed by atoms with van der Waals surface area (Å²) >= 11 is 0. The van der Waals surface area contributed by atoms with Crippen LogP contribution in [-0.2, 0) is 11.5 Å². The van der Waals surface area contributed by atoms with E-state index in [0.29, 0.717) is 12.4 Å². The van der Waals surface area contributed by atoms with Crippen LogP contribution in [0.2, 0.25) is 25.7 Å². The van der Waals surface area contributed by atoms with Crippen LogP contribution in [0.3, 0.4) is 0 Å². The van der Waals surface area contributed by atoms with Crippen LogP contribution in [-0.4, -0.2) is 35.3 Å². The molecule has 0 bridgehead atoms. The monoisotopic (exact) mass is 291 g/mol. The molecule has 0 aliphatic rings. The fraction of sp³-hybridized carbons (Fsp3) is 0.462. The molecule has 0 aliphatic carbocycles. The molecule has 0 atom stereocenters. The zero-order valence-corrected chi connectivity index (χ0v) is 13.2. The maximum atomic E-state index is 7.57. The molecule has 108 valence electrons. The highest BCUT2D eigenvalue weighted by Crippen LogP contribution is 2.17. The van der Waals surface area contributed by atoms with Crippen molar-refractivity contribution in [2.24, 2.45) is 5.73 Å². The van der Waals surface area contributed by atoms with Crippen molar-refractivity contribution >= 4 is 24.8 Å². The van der Waals surface area contributed by atoms with E-state index in [1.54, 1.807) is 17.1 Å². The molecule has 0 aromatic carbocycles. The first-order valence-corrected chi connectivity index (χ1v) is 10.3. The molecular weight excluding hydrogens is 270 g/mol. The SMILES string of the molecule is C[Si](C)(C)CCOCn1nc(C(=N)N)c2ccncc21. The predicted octanol–water partition coefficient (Wildman–Crippen LogP) is 2.03. The van der Waals surface area contributed by atoms with Crippen LogP contribution < -0.4 is 5.73 Å². The molecule has 0 saturated heterocycles. The molecule has 0 unspecified atom stereocenters. The highest BCUT2D eigenvalue weighted by atomic mass is 28.3. The third-order valence-corrected chi connectivity index (χ3v) is 4.72. The highest BCUT2D eigenvalue weighted by molar-refractivity contribution is 6.76. The van der Waals surface area contributed by atoms with E-state index in [1.165, 1.54) is 0 Å². The van der Waals surface area contributed by atoms with E-state index < -0.39 is 8.07 Å². The summed E-state index contributed by atoms with van der Waals surface area (Å²) in [5.74, 6) is -0.0398. The van der Waals surface area contributed by atoms with Crippen molar-refractivity contribution in [3.63, 3.8) is 0 Å². The van der Waals surface area contributed by atoms with Gasteiger partial charge in [0.2, 0.25) is 0 Å². The summed E-state index contributed by atoms with van der Waals surface area (Å²) in [5, 5.41) is 12.7. The maximum absolute atomic E-state index is 7.57. The molecular formula is C13H21N5OSi. The van der Waals surface area contributed by atoms with Gasteiger partial charge in [-0.2, -0.15) is 5.10 Å². The van der Waals surface area contributed by atoms with Crippen molar-refractivity contribution in [1.82, 2.24) is 14.8 Å². The molecule has 2 rings (SSSR count). The van der Waals surface area contributed by atoms with Crippen LogP contribution in [0.4, 0.5) is 0 Å². The molecule has 6 nitrogen and oxygen atoms in total. The molecule has 0 fully saturated rings. The first-order chi connectivity index (χ1) is 9.38. The summed E-state index contributed by atoms with van der Waals surface area (Å²) in [6.07, 6.45) is 3.39. The highest BCUT2D eigenvalue weighted by Gasteiger charge is 2.14. The average Bonchev–Trinajstić information content (AvgIpc) is 2.73. The summed E-state index contributed by atoms with van der Waals surface area (Å²) in [6.45, 7) is 8.04. The van der Waals surface area contributed by atoms with E-state index in [9.17, 15) is 0 Å². The Hall–Kier alpha value is -1.73. The van der Waals surface area contributed by atoms with E-state index in [-0.39, 0.29) is 5.84 Å². The van der Waals surface area contributed by atoms with Crippen molar-refractivity contribution in [3.05, 3.63) is 24.2 Å². The molecule has 20 heavy (non-hydrogen) atoms. The summed E-state index contributed by atoms with van der Waals surface area (Å²) < 4.78 is 7.40. The Labute approximate surface area is 119 Å². The number of pyridine rings is 1. The quantitative estimate of drug-likeness (QED) is 0.369. The lowest BCUT2D eigenvalue weighted by Gasteiger charge is -2.15. The molecule has 0 saturated carbocycles. The standard InChI is InChI=1S/C13H21N5OSi/c1-20(2,3)7-6-19-9-18-11-8-16-5-4-10(11)12(17-18)13(14)15/h4-5,8H,6-7,9H2,1-3H3,(H3,14,15). The maximum Gasteiger partial charge on any atom is 0.144 e. The van der Waals surface area contributed by atoms with Crippen LogP contribution in [0.5, 0.6) is 0 Å². The second-order valence-corrected chi connectivity index (χ2v) is 11.6. The van der Waals surface area contributed by atoms with E-state index in [4.69, 9.17) is 15.9 Å². The van der Waals surface area contributed by atoms with Gasteiger partial charge in [-0.15, -0.1) is 0 Å². The molecule has 0 amide bonds. The fourth-order valence-electron chi connectivity index (χ4n) is 1.85. The van der Waals surface area contributed by atoms with E-state index in [2.05, 4.69) is 29.7 Å². The lowest BCUT2D eigenvalue weighted by molar-refractivity contribution is 0.0816. The number of amidine groups is 1. The summed E-state index contributed by atoms with van der Waals surface area (Å²) in [6, 6.07) is 2.93. The van der Waals surface area contributed by atoms with Crippen LogP contribution in [0.1, 0.15) is 5.69 Å². The lowest BCUT2D eigenvalue weighted by Crippen LogP contribution is -2.22. The molecule has 0 spiro atoms. The van der Waals surface area contributed by atoms with Gasteiger partial charge in [0.05, 0.1) is 11.7 Å². The number of hydrogen-bond donors (Lipinski definition) is 2. The third kappa shape index (κ3) is 3.43. The number of rotatable bonds is 6. The Bertz CT molecular complexity index is 617. The Morgan fingerprint density at radius 1 is 1.45 bits per heavy atom. The fourth-order valence-corrected chi connectivity index (χ4v) is 2.60. The van der Waals surface area contributed by atoms with Gasteiger partial charge in [0, 0.05) is 26.3 Å². The van der Waals surface area contributed by atoms with Crippen LogP contribution in [0.15, 0.2) is 18.5 Å². The Balaban J connectivity index is 2.12. The molecule has 2 heterocycles. The number of aromatic nitrogens is 3. The van der Waals surface area contributed by atoms with E-state index in [0.717, 1.165) is 23.6 Å². The number of nitrogen functional groups attached to an aromatic ring is 1. The molecule has 3 N–H and O–H groups in total. The van der Waals surface area contributed by atoms with Gasteiger partial charge in [-0.3, -0.25) is 10.4 Å².